The summed E-state index contributed by atoms with van der Waals surface area (Å²) in [5, 5.41) is 27.9. The number of anilines is 2. The maximum Gasteiger partial charge on any atom is 0.249 e. The Hall–Kier alpha value is -9.24. The third-order valence-electron chi connectivity index (χ3n) is 31.4. The number of nitrogens with zero attached hydrogens (tertiary/aromatic N) is 12. The molecule has 24 heteroatoms. The van der Waals surface area contributed by atoms with E-state index in [0.717, 1.165) is 256 Å². The van der Waals surface area contributed by atoms with Crippen LogP contribution >= 0.6 is 0 Å². The molecule has 4 unspecified atom stereocenters. The molecule has 4 saturated heterocycles. The van der Waals surface area contributed by atoms with Crippen LogP contribution < -0.4 is 10.6 Å². The van der Waals surface area contributed by atoms with E-state index >= 15 is 0 Å². The summed E-state index contributed by atoms with van der Waals surface area (Å²) in [6.45, 7) is 25.0. The normalized spacial score (nSPS) is 22.8. The predicted octanol–water partition coefficient (Wildman–Crippen LogP) is 21.7. The van der Waals surface area contributed by atoms with Crippen molar-refractivity contribution in [3.8, 4) is 0 Å². The van der Waals surface area contributed by atoms with Crippen molar-refractivity contribution in [2.45, 2.75) is 330 Å². The summed E-state index contributed by atoms with van der Waals surface area (Å²) in [6.07, 6.45) is 50.2. The van der Waals surface area contributed by atoms with Crippen molar-refractivity contribution in [2.24, 2.45) is 11.8 Å². The van der Waals surface area contributed by atoms with Crippen LogP contribution in [0.3, 0.4) is 0 Å². The lowest BCUT2D eigenvalue weighted by Gasteiger charge is -2.37. The second kappa shape index (κ2) is 49.0. The number of aliphatic hydroxyl groups is 2. The molecule has 8 fully saturated rings. The molecule has 12 aliphatic rings. The Bertz CT molecular complexity index is 5180. The molecule has 6 aliphatic heterocycles. The summed E-state index contributed by atoms with van der Waals surface area (Å²) in [6, 6.07) is 30.4. The van der Waals surface area contributed by atoms with Crippen molar-refractivity contribution in [3.63, 3.8) is 0 Å². The van der Waals surface area contributed by atoms with Crippen LogP contribution in [0.2, 0.25) is 0 Å². The second-order valence-corrected chi connectivity index (χ2v) is 41.9. The van der Waals surface area contributed by atoms with Gasteiger partial charge in [-0.2, -0.15) is 0 Å². The van der Waals surface area contributed by atoms with Crippen molar-refractivity contribution in [1.29, 1.82) is 0 Å². The molecule has 0 radical (unpaired) electrons. The van der Waals surface area contributed by atoms with Gasteiger partial charge in [0.05, 0.1) is 48.6 Å². The molecule has 20 rings (SSSR count). The van der Waals surface area contributed by atoms with Gasteiger partial charge >= 0.3 is 0 Å². The Morgan fingerprint density at radius 3 is 1.20 bits per heavy atom. The summed E-state index contributed by atoms with van der Waals surface area (Å²) in [7, 11) is 0. The van der Waals surface area contributed by atoms with E-state index < -0.39 is 12.0 Å². The van der Waals surface area contributed by atoms with E-state index in [1.54, 1.807) is 26.1 Å². The van der Waals surface area contributed by atoms with Gasteiger partial charge in [-0.25, -0.2) is 18.7 Å². The van der Waals surface area contributed by atoms with E-state index in [1.165, 1.54) is 155 Å². The number of aryl methyl sites for hydroxylation is 7. The summed E-state index contributed by atoms with van der Waals surface area (Å²) < 4.78 is 52.0. The molecular weight excluding hydrogens is 1730 g/mol. The number of rotatable bonds is 40. The molecule has 6 aliphatic carbocycles. The van der Waals surface area contributed by atoms with E-state index in [1.807, 2.05) is 49.2 Å². The highest BCUT2D eigenvalue weighted by atomic mass is 19.3. The van der Waals surface area contributed by atoms with Gasteiger partial charge in [0.25, 0.3) is 0 Å². The predicted molar refractivity (Wildman–Crippen MR) is 539 cm³/mol. The molecule has 8 aromatic rings. The average molecular weight is 1880 g/mol. The first-order valence-electron chi connectivity index (χ1n) is 53.0. The van der Waals surface area contributed by atoms with Crippen LogP contribution in [0.15, 0.2) is 153 Å². The van der Waals surface area contributed by atoms with Crippen LogP contribution in [0, 0.1) is 18.8 Å². The van der Waals surface area contributed by atoms with Crippen LogP contribution in [0.25, 0.3) is 0 Å². The van der Waals surface area contributed by atoms with Gasteiger partial charge in [0.2, 0.25) is 5.92 Å². The van der Waals surface area contributed by atoms with Gasteiger partial charge in [0.15, 0.2) is 11.6 Å². The number of hydrogen-bond donors (Lipinski definition) is 4. The van der Waals surface area contributed by atoms with E-state index in [0.29, 0.717) is 36.6 Å². The van der Waals surface area contributed by atoms with Gasteiger partial charge in [0.1, 0.15) is 23.2 Å². The molecule has 740 valence electrons. The average Bonchev–Trinajstić information content (AvgIpc) is 1.69. The number of ketones is 2. The minimum Gasteiger partial charge on any atom is -0.511 e. The lowest BCUT2D eigenvalue weighted by molar-refractivity contribution is -0.123. The maximum atomic E-state index is 13.5. The molecule has 10 atom stereocenters. The highest BCUT2D eigenvalue weighted by Crippen LogP contribution is 2.51. The number of aromatic nitrogens is 8. The van der Waals surface area contributed by atoms with Crippen molar-refractivity contribution in [2.75, 3.05) is 103 Å². The number of aliphatic hydroxyl groups excluding tert-OH is 2. The van der Waals surface area contributed by atoms with Gasteiger partial charge in [-0.05, 0) is 318 Å². The maximum absolute atomic E-state index is 13.5. The number of halogens is 2. The summed E-state index contributed by atoms with van der Waals surface area (Å²) in [5.41, 5.74) is 19.9. The molecule has 4 saturated carbocycles. The zero-order valence-corrected chi connectivity index (χ0v) is 82.4. The lowest BCUT2D eigenvalue weighted by atomic mass is 9.76. The first-order valence-corrected chi connectivity index (χ1v) is 53.0. The number of carbonyl (C=O) groups excluding carboxylic acids is 2. The van der Waals surface area contributed by atoms with Gasteiger partial charge in [0, 0.05) is 211 Å². The van der Waals surface area contributed by atoms with E-state index in [9.17, 15) is 28.6 Å². The Morgan fingerprint density at radius 2 is 0.804 bits per heavy atom. The third kappa shape index (κ3) is 26.8. The summed E-state index contributed by atoms with van der Waals surface area (Å²) in [5.74, 6) is 3.02. The van der Waals surface area contributed by atoms with Crippen LogP contribution in [-0.4, -0.2) is 203 Å². The van der Waals surface area contributed by atoms with Crippen LogP contribution in [0.1, 0.15) is 337 Å². The minimum absolute atomic E-state index is 0.0167. The number of Topliss-reactive ketones (excluding diaryl/α,β-unsaturated/α-hetero) is 2. The van der Waals surface area contributed by atoms with E-state index in [2.05, 4.69) is 132 Å². The smallest absolute Gasteiger partial charge is 0.249 e. The molecule has 0 amide bonds. The molecule has 0 spiro atoms. The summed E-state index contributed by atoms with van der Waals surface area (Å²) >= 11 is 0. The van der Waals surface area contributed by atoms with E-state index in [-0.39, 0.29) is 84.4 Å². The standard InChI is InChI=1S/2C29H39N3O2.C28H36F2N4O2.C28H38N4O2/c2*1-21(33)29(26-11-6-16-31-28(26)24-8-4-9-24)32-17-14-25(20-32)34-18-3-2-7-22-12-13-23-10-5-15-30-27(23)19-22;1-19(35)26(24-8-5-12-31-25(24)21-16-28(29,30)17-21)34-14-11-23(18-34)36-15-3-2-7-22-10-9-20-6-4-13-32-27(20)33-22;1-19-16-25(26(30-17-19)21-8-9-21)27(20(2)33)32-14-12-24(18-32)34-15-4-3-7-23-11-10-22-6-5-13-29-28(22)31-23/h2*5-6,10-11,15-16,22,24-25,29,33H,1-4,7-9,12-14,17-20H2;5,8-10,12,21,23,26H,2-4,6-7,11,13-18H2,1H3,(H,32,33);10-11,16-17,21,24,27H,3-9,12-15,18H2,1-2H3,(H,29,31)/t22-,25+,29?;22-,25-,29?;23-,26?;24-,27?/m0111/s1. The number of likely N-dealkylation sites (tertiary alicyclic amines) is 4. The topological polar surface area (TPSA) is 252 Å². The first-order chi connectivity index (χ1) is 67.3. The lowest BCUT2D eigenvalue weighted by Crippen LogP contribution is -2.37. The Morgan fingerprint density at radius 1 is 0.428 bits per heavy atom. The Labute approximate surface area is 818 Å². The number of fused-ring (bicyclic) bond motifs is 4. The van der Waals surface area contributed by atoms with Crippen LogP contribution in [-0.2, 0) is 79.9 Å². The fourth-order valence-electron chi connectivity index (χ4n) is 23.4. The Kier molecular flexibility index (Phi) is 35.6. The van der Waals surface area contributed by atoms with Crippen molar-refractivity contribution >= 4 is 23.2 Å². The quantitative estimate of drug-likeness (QED) is 0.0206. The van der Waals surface area contributed by atoms with Crippen molar-refractivity contribution in [1.82, 2.24) is 59.5 Å². The number of hydrogen-bond acceptors (Lipinski definition) is 22. The van der Waals surface area contributed by atoms with Crippen LogP contribution in [0.5, 0.6) is 0 Å². The Balaban J connectivity index is 0.000000127. The third-order valence-corrected chi connectivity index (χ3v) is 31.4. The van der Waals surface area contributed by atoms with Crippen molar-refractivity contribution < 1.29 is 47.5 Å². The number of unbranched alkanes of at least 4 members (excludes halogenated alkanes) is 4. The van der Waals surface area contributed by atoms with Gasteiger partial charge in [-0.3, -0.25) is 59.1 Å². The second-order valence-electron chi connectivity index (χ2n) is 41.9. The highest BCUT2D eigenvalue weighted by molar-refractivity contribution is 5.84. The van der Waals surface area contributed by atoms with Gasteiger partial charge in [-0.1, -0.05) is 87.4 Å². The van der Waals surface area contributed by atoms with E-state index in [4.69, 9.17) is 43.9 Å². The fourth-order valence-corrected chi connectivity index (χ4v) is 23.4. The molecule has 0 aromatic carbocycles. The zero-order valence-electron chi connectivity index (χ0n) is 82.4. The first kappa shape index (κ1) is 100. The van der Waals surface area contributed by atoms with Gasteiger partial charge in [-0.15, -0.1) is 0 Å². The SMILES string of the molecule is C=C(O)C(c1cccnc1C1CCC1)N1CC[C@@H](OCCCC[C@@H]2CCc3cccnc3C2)C1.C=C(O)C(c1cccnc1C1CCC1)N1CC[C@@H](OCCCC[C@H]2CCc3cccnc3C2)C1.CC(=O)C(c1cc(C)cnc1C1CC1)N1CC[C@@H](OCCCCc2ccc3c(n2)NCCC3)C1.CC(=O)C(c1cccnc1C1CC(F)(F)C1)N1CC[C@@H](OCCCCc2ccc3c(n2)NCCC3)C1. The molecule has 14 heterocycles. The molecule has 138 heavy (non-hydrogen) atoms. The number of nitrogens with one attached hydrogen (secondary N) is 2. The number of alkyl halides is 2. The minimum atomic E-state index is -2.62. The largest absolute Gasteiger partial charge is 0.511 e. The van der Waals surface area contributed by atoms with Crippen LogP contribution in [0.4, 0.5) is 20.4 Å². The highest BCUT2D eigenvalue weighted by Gasteiger charge is 2.49. The number of pyridine rings is 8. The molecule has 22 nitrogen and oxygen atoms in total. The molecule has 0 bridgehead atoms. The number of ether oxygens (including phenoxy) is 4. The zero-order chi connectivity index (χ0) is 95.3. The molecule has 8 aromatic heterocycles. The molecular formula is C114H152F2N14O8. The van der Waals surface area contributed by atoms with Gasteiger partial charge < -0.3 is 39.8 Å². The van der Waals surface area contributed by atoms with Crippen molar-refractivity contribution in [3.05, 3.63) is 248 Å². The summed E-state index contributed by atoms with van der Waals surface area (Å²) in [4.78, 5) is 71.9. The number of carbonyl (C=O) groups is 2. The molecule has 4 N–H and O–H groups in total. The monoisotopic (exact) mass is 1880 g/mol. The fraction of sp³-hybridized carbons (Fsp3) is 0.596.